The Hall–Kier alpha value is -3.59. The number of thiophene rings is 1. The van der Waals surface area contributed by atoms with E-state index < -0.39 is 36.9 Å². The van der Waals surface area contributed by atoms with E-state index in [0.29, 0.717) is 4.88 Å². The number of carbonyl (C=O) groups excluding carboxylic acids is 3. The number of halogens is 2. The first-order valence-electron chi connectivity index (χ1n) is 9.55. The standard InChI is InChI=1S/C23H19F2NO5S/c24-23(25)31-17-10-8-16(9-11-17)19(27)14-30-22(29)18(13-15-5-2-1-3-6-15)26-21(28)20-7-4-12-32-20/h1-12,18,23H,13-14H2,(H,26,28)/t18-/m0/s1. The number of ether oxygens (including phenoxy) is 2. The van der Waals surface area contributed by atoms with Crippen LogP contribution in [0.2, 0.25) is 0 Å². The highest BCUT2D eigenvalue weighted by Gasteiger charge is 2.25. The van der Waals surface area contributed by atoms with Crippen LogP contribution in [0.4, 0.5) is 8.78 Å². The number of nitrogens with one attached hydrogen (secondary N) is 1. The molecule has 1 aromatic heterocycles. The Morgan fingerprint density at radius 3 is 2.28 bits per heavy atom. The molecular formula is C23H19F2NO5S. The first-order valence-corrected chi connectivity index (χ1v) is 10.4. The highest BCUT2D eigenvalue weighted by molar-refractivity contribution is 7.12. The van der Waals surface area contributed by atoms with Gasteiger partial charge in [0.25, 0.3) is 5.91 Å². The zero-order chi connectivity index (χ0) is 22.9. The Morgan fingerprint density at radius 2 is 1.66 bits per heavy atom. The van der Waals surface area contributed by atoms with Gasteiger partial charge in [-0.2, -0.15) is 8.78 Å². The fourth-order valence-corrected chi connectivity index (χ4v) is 3.45. The lowest BCUT2D eigenvalue weighted by molar-refractivity contribution is -0.144. The molecule has 0 unspecified atom stereocenters. The summed E-state index contributed by atoms with van der Waals surface area (Å²) in [6, 6.07) is 16.5. The largest absolute Gasteiger partial charge is 0.456 e. The van der Waals surface area contributed by atoms with Gasteiger partial charge in [0.1, 0.15) is 11.8 Å². The maximum Gasteiger partial charge on any atom is 0.387 e. The van der Waals surface area contributed by atoms with E-state index in [1.54, 1.807) is 17.5 Å². The van der Waals surface area contributed by atoms with Crippen LogP contribution in [0.1, 0.15) is 25.6 Å². The number of amides is 1. The van der Waals surface area contributed by atoms with Gasteiger partial charge in [0, 0.05) is 12.0 Å². The predicted octanol–water partition coefficient (Wildman–Crippen LogP) is 4.12. The SMILES string of the molecule is O=C(COC(=O)[C@H](Cc1ccccc1)NC(=O)c1cccs1)c1ccc(OC(F)F)cc1. The molecule has 1 amide bonds. The fraction of sp³-hybridized carbons (Fsp3) is 0.174. The Bertz CT molecular complexity index is 1040. The molecule has 0 aliphatic carbocycles. The molecule has 32 heavy (non-hydrogen) atoms. The molecule has 0 aliphatic heterocycles. The normalized spacial score (nSPS) is 11.6. The van der Waals surface area contributed by atoms with Crippen molar-refractivity contribution >= 4 is 29.0 Å². The van der Waals surface area contributed by atoms with Crippen molar-refractivity contribution in [1.82, 2.24) is 5.32 Å². The lowest BCUT2D eigenvalue weighted by Crippen LogP contribution is -2.43. The van der Waals surface area contributed by atoms with Crippen molar-refractivity contribution in [2.45, 2.75) is 19.1 Å². The van der Waals surface area contributed by atoms with Gasteiger partial charge < -0.3 is 14.8 Å². The smallest absolute Gasteiger partial charge is 0.387 e. The molecule has 1 atom stereocenters. The van der Waals surface area contributed by atoms with Gasteiger partial charge in [-0.3, -0.25) is 9.59 Å². The molecule has 6 nitrogen and oxygen atoms in total. The molecule has 0 fully saturated rings. The second-order valence-electron chi connectivity index (χ2n) is 6.63. The number of carbonyl (C=O) groups is 3. The van der Waals surface area contributed by atoms with Gasteiger partial charge in [-0.25, -0.2) is 4.79 Å². The minimum atomic E-state index is -2.97. The lowest BCUT2D eigenvalue weighted by atomic mass is 10.1. The zero-order valence-corrected chi connectivity index (χ0v) is 17.5. The van der Waals surface area contributed by atoms with Crippen molar-refractivity contribution in [2.24, 2.45) is 0 Å². The fourth-order valence-electron chi connectivity index (χ4n) is 2.82. The molecule has 1 heterocycles. The van der Waals surface area contributed by atoms with Gasteiger partial charge in [0.15, 0.2) is 12.4 Å². The van der Waals surface area contributed by atoms with E-state index >= 15 is 0 Å². The summed E-state index contributed by atoms with van der Waals surface area (Å²) in [6.45, 7) is -3.53. The summed E-state index contributed by atoms with van der Waals surface area (Å²) in [7, 11) is 0. The minimum Gasteiger partial charge on any atom is -0.456 e. The molecule has 0 radical (unpaired) electrons. The number of hydrogen-bond acceptors (Lipinski definition) is 6. The molecule has 0 saturated heterocycles. The van der Waals surface area contributed by atoms with Crippen molar-refractivity contribution in [3.63, 3.8) is 0 Å². The van der Waals surface area contributed by atoms with Crippen molar-refractivity contribution in [3.8, 4) is 5.75 Å². The number of benzene rings is 2. The Kier molecular flexibility index (Phi) is 8.04. The molecule has 2 aromatic carbocycles. The third-order valence-corrected chi connectivity index (χ3v) is 5.23. The van der Waals surface area contributed by atoms with Crippen molar-refractivity contribution < 1.29 is 32.6 Å². The molecule has 9 heteroatoms. The number of alkyl halides is 2. The average molecular weight is 459 g/mol. The number of esters is 1. The van der Waals surface area contributed by atoms with Gasteiger partial charge in [0.2, 0.25) is 0 Å². The van der Waals surface area contributed by atoms with Crippen LogP contribution in [-0.2, 0) is 16.0 Å². The second-order valence-corrected chi connectivity index (χ2v) is 7.57. The zero-order valence-electron chi connectivity index (χ0n) is 16.7. The molecule has 1 N–H and O–H groups in total. The van der Waals surface area contributed by atoms with Crippen molar-refractivity contribution in [3.05, 3.63) is 88.1 Å². The number of Topliss-reactive ketones (excluding diaryl/α,β-unsaturated/α-hetero) is 1. The monoisotopic (exact) mass is 459 g/mol. The van der Waals surface area contributed by atoms with Crippen LogP contribution in [-0.4, -0.2) is 36.9 Å². The number of ketones is 1. The average Bonchev–Trinajstić information content (AvgIpc) is 3.33. The van der Waals surface area contributed by atoms with Crippen LogP contribution < -0.4 is 10.1 Å². The summed E-state index contributed by atoms with van der Waals surface area (Å²) in [5.41, 5.74) is 0.975. The van der Waals surface area contributed by atoms with Gasteiger partial charge in [-0.1, -0.05) is 36.4 Å². The van der Waals surface area contributed by atoms with Crippen LogP contribution in [0.3, 0.4) is 0 Å². The third kappa shape index (κ3) is 6.71. The van der Waals surface area contributed by atoms with Gasteiger partial charge >= 0.3 is 12.6 Å². The first-order chi connectivity index (χ1) is 15.4. The summed E-state index contributed by atoms with van der Waals surface area (Å²) in [5.74, 6) is -1.79. The van der Waals surface area contributed by atoms with Crippen LogP contribution >= 0.6 is 11.3 Å². The predicted molar refractivity (Wildman–Crippen MR) is 114 cm³/mol. The molecule has 3 rings (SSSR count). The molecular weight excluding hydrogens is 440 g/mol. The van der Waals surface area contributed by atoms with E-state index in [1.807, 2.05) is 30.3 Å². The molecule has 0 aliphatic rings. The molecule has 0 saturated carbocycles. The van der Waals surface area contributed by atoms with Crippen molar-refractivity contribution in [1.29, 1.82) is 0 Å². The number of hydrogen-bond donors (Lipinski definition) is 1. The Balaban J connectivity index is 1.63. The van der Waals surface area contributed by atoms with E-state index in [1.165, 1.54) is 35.6 Å². The second kappa shape index (κ2) is 11.1. The van der Waals surface area contributed by atoms with Gasteiger partial charge in [-0.05, 0) is 41.3 Å². The molecule has 0 spiro atoms. The maximum absolute atomic E-state index is 12.7. The van der Waals surface area contributed by atoms with E-state index in [9.17, 15) is 23.2 Å². The topological polar surface area (TPSA) is 81.7 Å². The van der Waals surface area contributed by atoms with Crippen LogP contribution in [0.15, 0.2) is 72.1 Å². The Labute approximate surface area is 186 Å². The van der Waals surface area contributed by atoms with Crippen LogP contribution in [0.25, 0.3) is 0 Å². The summed E-state index contributed by atoms with van der Waals surface area (Å²) in [5, 5.41) is 4.40. The Morgan fingerprint density at radius 1 is 0.938 bits per heavy atom. The van der Waals surface area contributed by atoms with Gasteiger partial charge in [0.05, 0.1) is 4.88 Å². The lowest BCUT2D eigenvalue weighted by Gasteiger charge is -2.17. The van der Waals surface area contributed by atoms with Crippen LogP contribution in [0, 0.1) is 0 Å². The summed E-state index contributed by atoms with van der Waals surface area (Å²) >= 11 is 1.24. The van der Waals surface area contributed by atoms with E-state index in [4.69, 9.17) is 4.74 Å². The van der Waals surface area contributed by atoms with E-state index in [-0.39, 0.29) is 17.7 Å². The molecule has 3 aromatic rings. The first kappa shape index (κ1) is 23.1. The van der Waals surface area contributed by atoms with Gasteiger partial charge in [-0.15, -0.1) is 11.3 Å². The highest BCUT2D eigenvalue weighted by Crippen LogP contribution is 2.16. The van der Waals surface area contributed by atoms with Crippen LogP contribution in [0.5, 0.6) is 5.75 Å². The van der Waals surface area contributed by atoms with Crippen molar-refractivity contribution in [2.75, 3.05) is 6.61 Å². The number of rotatable bonds is 10. The quantitative estimate of drug-likeness (QED) is 0.364. The molecule has 0 bridgehead atoms. The summed E-state index contributed by atoms with van der Waals surface area (Å²) in [4.78, 5) is 37.9. The van der Waals surface area contributed by atoms with E-state index in [2.05, 4.69) is 10.1 Å². The maximum atomic E-state index is 12.7. The molecule has 166 valence electrons. The highest BCUT2D eigenvalue weighted by atomic mass is 32.1. The third-order valence-electron chi connectivity index (χ3n) is 4.36. The van der Waals surface area contributed by atoms with E-state index in [0.717, 1.165) is 5.56 Å². The summed E-state index contributed by atoms with van der Waals surface area (Å²) in [6.07, 6.45) is 0.185. The summed E-state index contributed by atoms with van der Waals surface area (Å²) < 4.78 is 33.8. The minimum absolute atomic E-state index is 0.0900.